The lowest BCUT2D eigenvalue weighted by Crippen LogP contribution is -1.96. The number of furan rings is 1. The second kappa shape index (κ2) is 14.1. The molecule has 10 aromatic carbocycles. The lowest BCUT2D eigenvalue weighted by molar-refractivity contribution is 0.670. The molecule has 0 fully saturated rings. The fourth-order valence-corrected chi connectivity index (χ4v) is 9.97. The molecule has 3 aromatic heterocycles. The first-order chi connectivity index (χ1) is 31.2. The van der Waals surface area contributed by atoms with E-state index in [1.807, 2.05) is 6.07 Å². The predicted octanol–water partition coefficient (Wildman–Crippen LogP) is 16.4. The van der Waals surface area contributed by atoms with Gasteiger partial charge >= 0.3 is 0 Å². The smallest absolute Gasteiger partial charge is 0.143 e. The van der Waals surface area contributed by atoms with E-state index in [1.165, 1.54) is 66.0 Å². The molecule has 0 atom stereocenters. The number of benzene rings is 10. The third-order valence-electron chi connectivity index (χ3n) is 12.9. The number of nitrogens with zero attached hydrogens (tertiary/aromatic N) is 2. The van der Waals surface area contributed by atoms with Crippen LogP contribution in [0.1, 0.15) is 0 Å². The van der Waals surface area contributed by atoms with Crippen LogP contribution in [0.25, 0.3) is 121 Å². The normalized spacial score (nSPS) is 11.8. The molecule has 0 aliphatic heterocycles. The van der Waals surface area contributed by atoms with Gasteiger partial charge in [0.2, 0.25) is 0 Å². The van der Waals surface area contributed by atoms with Crippen LogP contribution in [0.2, 0.25) is 0 Å². The van der Waals surface area contributed by atoms with Gasteiger partial charge in [-0.25, -0.2) is 0 Å². The molecular weight excluding hydrogens is 765 g/mol. The highest BCUT2D eigenvalue weighted by molar-refractivity contribution is 6.15. The van der Waals surface area contributed by atoms with Crippen LogP contribution >= 0.6 is 0 Å². The minimum absolute atomic E-state index is 0.902. The molecule has 3 heteroatoms. The monoisotopic (exact) mass is 802 g/mol. The summed E-state index contributed by atoms with van der Waals surface area (Å²) in [6, 6.07) is 83.6. The Balaban J connectivity index is 1.06. The number of fused-ring (bicyclic) bond motifs is 9. The Morgan fingerprint density at radius 3 is 1.38 bits per heavy atom. The van der Waals surface area contributed by atoms with Gasteiger partial charge in [0.1, 0.15) is 11.2 Å². The second-order valence-corrected chi connectivity index (χ2v) is 16.5. The van der Waals surface area contributed by atoms with E-state index in [0.29, 0.717) is 0 Å². The highest BCUT2D eigenvalue weighted by atomic mass is 16.3. The molecule has 0 saturated carbocycles. The van der Waals surface area contributed by atoms with Crippen molar-refractivity contribution in [3.63, 3.8) is 0 Å². The molecule has 294 valence electrons. The van der Waals surface area contributed by atoms with E-state index in [0.717, 1.165) is 55.5 Å². The molecule has 0 N–H and O–H groups in total. The molecule has 13 rings (SSSR count). The SMILES string of the molecule is c1ccc(-c2cc(-c3ccccc3)cc(-n3c4ccc(-c5ccc6c(c5)c5ccccc5n6-c5ccccc5)cc4c4cc(-c5cccc6c5oc5ccccc56)ccc43)c2)cc1. The second-order valence-electron chi connectivity index (χ2n) is 16.5. The molecular formula is C60H38N2O. The summed E-state index contributed by atoms with van der Waals surface area (Å²) in [5.74, 6) is 0. The van der Waals surface area contributed by atoms with E-state index in [1.54, 1.807) is 0 Å². The van der Waals surface area contributed by atoms with Gasteiger partial charge < -0.3 is 13.6 Å². The number of hydrogen-bond acceptors (Lipinski definition) is 1. The van der Waals surface area contributed by atoms with Crippen molar-refractivity contribution in [2.75, 3.05) is 0 Å². The van der Waals surface area contributed by atoms with E-state index in [4.69, 9.17) is 4.42 Å². The minimum Gasteiger partial charge on any atom is -0.455 e. The summed E-state index contributed by atoms with van der Waals surface area (Å²) in [6.45, 7) is 0. The Morgan fingerprint density at radius 1 is 0.254 bits per heavy atom. The summed E-state index contributed by atoms with van der Waals surface area (Å²) in [6.07, 6.45) is 0. The van der Waals surface area contributed by atoms with Crippen LogP contribution in [0, 0.1) is 0 Å². The average Bonchev–Trinajstić information content (AvgIpc) is 4.02. The summed E-state index contributed by atoms with van der Waals surface area (Å²) in [7, 11) is 0. The molecule has 3 nitrogen and oxygen atoms in total. The van der Waals surface area contributed by atoms with Crippen LogP contribution in [0.4, 0.5) is 0 Å². The summed E-state index contributed by atoms with van der Waals surface area (Å²) >= 11 is 0. The van der Waals surface area contributed by atoms with Crippen LogP contribution in [0.5, 0.6) is 0 Å². The average molecular weight is 803 g/mol. The summed E-state index contributed by atoms with van der Waals surface area (Å²) in [5.41, 5.74) is 18.1. The number of para-hydroxylation sites is 4. The van der Waals surface area contributed by atoms with Gasteiger partial charge in [0.25, 0.3) is 0 Å². The molecule has 0 aliphatic carbocycles. The van der Waals surface area contributed by atoms with E-state index in [9.17, 15) is 0 Å². The summed E-state index contributed by atoms with van der Waals surface area (Å²) < 4.78 is 11.4. The van der Waals surface area contributed by atoms with Gasteiger partial charge in [0.05, 0.1) is 22.1 Å². The van der Waals surface area contributed by atoms with Gasteiger partial charge in [-0.15, -0.1) is 0 Å². The zero-order valence-corrected chi connectivity index (χ0v) is 34.2. The zero-order chi connectivity index (χ0) is 41.4. The number of hydrogen-bond donors (Lipinski definition) is 0. The molecule has 0 spiro atoms. The lowest BCUT2D eigenvalue weighted by atomic mass is 9.98. The molecule has 0 radical (unpaired) electrons. The molecule has 0 bridgehead atoms. The van der Waals surface area contributed by atoms with Gasteiger partial charge in [-0.05, 0) is 118 Å². The van der Waals surface area contributed by atoms with Crippen LogP contribution in [0.15, 0.2) is 235 Å². The van der Waals surface area contributed by atoms with Crippen molar-refractivity contribution in [3.8, 4) is 55.9 Å². The van der Waals surface area contributed by atoms with Gasteiger partial charge in [-0.3, -0.25) is 0 Å². The standard InChI is InChI=1S/C60H38N2O/c1-4-15-39(16-5-1)44-33-45(40-17-6-2-7-18-40)35-47(34-44)62-57-31-28-42(41-27-30-56-52(36-41)49-21-10-12-25-55(49)61(56)46-19-8-3-9-20-46)37-53(57)54-38-43(29-32-58(54)62)48-23-14-24-51-50-22-11-13-26-59(50)63-60(48)51/h1-38H. The van der Waals surface area contributed by atoms with Crippen LogP contribution in [-0.2, 0) is 0 Å². The zero-order valence-electron chi connectivity index (χ0n) is 34.2. The van der Waals surface area contributed by atoms with Crippen molar-refractivity contribution in [3.05, 3.63) is 231 Å². The van der Waals surface area contributed by atoms with E-state index >= 15 is 0 Å². The quantitative estimate of drug-likeness (QED) is 0.164. The molecule has 13 aromatic rings. The van der Waals surface area contributed by atoms with E-state index < -0.39 is 0 Å². The fourth-order valence-electron chi connectivity index (χ4n) is 9.97. The molecule has 63 heavy (non-hydrogen) atoms. The summed E-state index contributed by atoms with van der Waals surface area (Å²) in [5, 5.41) is 7.12. The molecule has 0 saturated heterocycles. The Bertz CT molecular complexity index is 3830. The Labute approximate surface area is 363 Å². The highest BCUT2D eigenvalue weighted by Crippen LogP contribution is 2.42. The van der Waals surface area contributed by atoms with Crippen molar-refractivity contribution in [1.29, 1.82) is 0 Å². The number of aromatic nitrogens is 2. The van der Waals surface area contributed by atoms with Gasteiger partial charge in [0.15, 0.2) is 0 Å². The number of rotatable bonds is 6. The van der Waals surface area contributed by atoms with E-state index in [-0.39, 0.29) is 0 Å². The van der Waals surface area contributed by atoms with Crippen LogP contribution in [-0.4, -0.2) is 9.13 Å². The maximum Gasteiger partial charge on any atom is 0.143 e. The topological polar surface area (TPSA) is 23.0 Å². The first-order valence-electron chi connectivity index (χ1n) is 21.6. The van der Waals surface area contributed by atoms with Crippen molar-refractivity contribution in [2.24, 2.45) is 0 Å². The van der Waals surface area contributed by atoms with Crippen LogP contribution in [0.3, 0.4) is 0 Å². The highest BCUT2D eigenvalue weighted by Gasteiger charge is 2.20. The van der Waals surface area contributed by atoms with Crippen LogP contribution < -0.4 is 0 Å². The minimum atomic E-state index is 0.902. The third kappa shape index (κ3) is 5.67. The molecule has 0 unspecified atom stereocenters. The lowest BCUT2D eigenvalue weighted by Gasteiger charge is -2.14. The Morgan fingerprint density at radius 2 is 0.730 bits per heavy atom. The van der Waals surface area contributed by atoms with Crippen molar-refractivity contribution >= 4 is 65.6 Å². The van der Waals surface area contributed by atoms with Crippen molar-refractivity contribution < 1.29 is 4.42 Å². The molecule has 3 heterocycles. The van der Waals surface area contributed by atoms with E-state index in [2.05, 4.69) is 234 Å². The molecule has 0 amide bonds. The Kier molecular flexibility index (Phi) is 7.91. The maximum absolute atomic E-state index is 6.59. The first kappa shape index (κ1) is 35.4. The van der Waals surface area contributed by atoms with Crippen molar-refractivity contribution in [1.82, 2.24) is 9.13 Å². The first-order valence-corrected chi connectivity index (χ1v) is 21.6. The largest absolute Gasteiger partial charge is 0.455 e. The van der Waals surface area contributed by atoms with Crippen molar-refractivity contribution in [2.45, 2.75) is 0 Å². The third-order valence-corrected chi connectivity index (χ3v) is 12.9. The maximum atomic E-state index is 6.59. The van der Waals surface area contributed by atoms with Gasteiger partial charge in [0, 0.05) is 49.3 Å². The van der Waals surface area contributed by atoms with Gasteiger partial charge in [-0.1, -0.05) is 152 Å². The fraction of sp³-hybridized carbons (Fsp3) is 0. The predicted molar refractivity (Wildman–Crippen MR) is 264 cm³/mol. The summed E-state index contributed by atoms with van der Waals surface area (Å²) in [4.78, 5) is 0. The van der Waals surface area contributed by atoms with Gasteiger partial charge in [-0.2, -0.15) is 0 Å². The molecule has 0 aliphatic rings. The Hall–Kier alpha value is -8.40.